The molecule has 0 saturated heterocycles. The first kappa shape index (κ1) is 61.1. The molecule has 0 aromatic heterocycles. The van der Waals surface area contributed by atoms with Crippen LogP contribution >= 0.6 is 0 Å². The van der Waals surface area contributed by atoms with Gasteiger partial charge in [0.05, 0.1) is 0 Å². The van der Waals surface area contributed by atoms with E-state index in [0.717, 1.165) is 64.2 Å². The summed E-state index contributed by atoms with van der Waals surface area (Å²) in [6.07, 6.45) is 59.1. The van der Waals surface area contributed by atoms with Gasteiger partial charge in [-0.3, -0.25) is 14.4 Å². The molecule has 0 saturated carbocycles. The molecule has 0 spiro atoms. The number of esters is 3. The average molecular weight is 889 g/mol. The Morgan fingerprint density at radius 3 is 0.810 bits per heavy atom. The fraction of sp³-hybridized carbons (Fsp3) is 0.912. The molecular formula is C57H108O6. The first-order valence-electron chi connectivity index (χ1n) is 28.2. The molecule has 0 radical (unpaired) electrons. The SMILES string of the molecule is CCCCCCCC/C=C\CCCCCC(=O)OCC(COC(=O)CCCCCCCCCCCCCCCCCCCC)OC(=O)CCCCCCCCCCCCCCCC. The molecule has 0 aliphatic carbocycles. The molecule has 6 heteroatoms. The van der Waals surface area contributed by atoms with Crippen LogP contribution in [0.4, 0.5) is 0 Å². The van der Waals surface area contributed by atoms with Crippen LogP contribution in [0.25, 0.3) is 0 Å². The zero-order valence-corrected chi connectivity index (χ0v) is 42.6. The molecule has 1 unspecified atom stereocenters. The normalized spacial score (nSPS) is 12.0. The minimum absolute atomic E-state index is 0.0687. The van der Waals surface area contributed by atoms with Crippen molar-refractivity contribution in [2.24, 2.45) is 0 Å². The van der Waals surface area contributed by atoms with Crippen LogP contribution in [0.15, 0.2) is 12.2 Å². The summed E-state index contributed by atoms with van der Waals surface area (Å²) in [4.78, 5) is 38.1. The van der Waals surface area contributed by atoms with Crippen molar-refractivity contribution >= 4 is 17.9 Å². The number of allylic oxidation sites excluding steroid dienone is 2. The molecule has 0 bridgehead atoms. The van der Waals surface area contributed by atoms with Gasteiger partial charge in [-0.2, -0.15) is 0 Å². The van der Waals surface area contributed by atoms with Gasteiger partial charge < -0.3 is 14.2 Å². The molecule has 0 rings (SSSR count). The fourth-order valence-electron chi connectivity index (χ4n) is 8.50. The van der Waals surface area contributed by atoms with Crippen LogP contribution in [-0.4, -0.2) is 37.2 Å². The van der Waals surface area contributed by atoms with Gasteiger partial charge in [-0.05, 0) is 44.9 Å². The maximum Gasteiger partial charge on any atom is 0.306 e. The van der Waals surface area contributed by atoms with Crippen LogP contribution < -0.4 is 0 Å². The zero-order chi connectivity index (χ0) is 45.8. The van der Waals surface area contributed by atoms with Gasteiger partial charge in [-0.1, -0.05) is 264 Å². The van der Waals surface area contributed by atoms with Crippen molar-refractivity contribution in [3.63, 3.8) is 0 Å². The molecule has 0 heterocycles. The van der Waals surface area contributed by atoms with Crippen molar-refractivity contribution in [2.75, 3.05) is 13.2 Å². The quantitative estimate of drug-likeness (QED) is 0.0262. The van der Waals surface area contributed by atoms with E-state index in [1.807, 2.05) is 0 Å². The number of carbonyl (C=O) groups excluding carboxylic acids is 3. The Labute approximate surface area is 392 Å². The van der Waals surface area contributed by atoms with Gasteiger partial charge in [0.15, 0.2) is 6.10 Å². The average Bonchev–Trinajstić information content (AvgIpc) is 3.28. The standard InChI is InChI=1S/C57H108O6/c1-4-7-10-13-16-19-22-25-27-28-29-30-33-35-38-41-44-47-50-56(59)62-53-54(52-61-55(58)49-46-43-40-37-34-31-24-21-18-15-12-9-6-3)63-57(60)51-48-45-42-39-36-32-26-23-20-17-14-11-8-5-2/h31,34,54H,4-30,32-33,35-53H2,1-3H3/b34-31-. The van der Waals surface area contributed by atoms with Gasteiger partial charge in [0, 0.05) is 19.3 Å². The minimum atomic E-state index is -0.769. The molecule has 0 aromatic carbocycles. The number of hydrogen-bond acceptors (Lipinski definition) is 6. The molecule has 0 aromatic rings. The van der Waals surface area contributed by atoms with Gasteiger partial charge >= 0.3 is 17.9 Å². The first-order valence-corrected chi connectivity index (χ1v) is 28.2. The van der Waals surface area contributed by atoms with E-state index in [0.29, 0.717) is 19.3 Å². The Morgan fingerprint density at radius 2 is 0.524 bits per heavy atom. The monoisotopic (exact) mass is 889 g/mol. The third kappa shape index (κ3) is 51.0. The molecule has 63 heavy (non-hydrogen) atoms. The highest BCUT2D eigenvalue weighted by Crippen LogP contribution is 2.17. The molecule has 0 aliphatic heterocycles. The van der Waals surface area contributed by atoms with Crippen LogP contribution in [0, 0.1) is 0 Å². The number of rotatable bonds is 52. The second-order valence-electron chi connectivity index (χ2n) is 19.2. The van der Waals surface area contributed by atoms with Crippen molar-refractivity contribution in [1.82, 2.24) is 0 Å². The summed E-state index contributed by atoms with van der Waals surface area (Å²) in [7, 11) is 0. The highest BCUT2D eigenvalue weighted by atomic mass is 16.6. The molecular weight excluding hydrogens is 781 g/mol. The third-order valence-electron chi connectivity index (χ3n) is 12.8. The smallest absolute Gasteiger partial charge is 0.306 e. The Hall–Kier alpha value is -1.85. The summed E-state index contributed by atoms with van der Waals surface area (Å²) in [6, 6.07) is 0. The Morgan fingerprint density at radius 1 is 0.302 bits per heavy atom. The molecule has 6 nitrogen and oxygen atoms in total. The van der Waals surface area contributed by atoms with Crippen molar-refractivity contribution < 1.29 is 28.6 Å². The van der Waals surface area contributed by atoms with E-state index in [2.05, 4.69) is 32.9 Å². The van der Waals surface area contributed by atoms with E-state index >= 15 is 0 Å². The van der Waals surface area contributed by atoms with Crippen LogP contribution in [0.5, 0.6) is 0 Å². The van der Waals surface area contributed by atoms with Crippen LogP contribution in [0.2, 0.25) is 0 Å². The summed E-state index contributed by atoms with van der Waals surface area (Å²) in [5, 5.41) is 0. The summed E-state index contributed by atoms with van der Waals surface area (Å²) in [6.45, 7) is 6.67. The maximum atomic E-state index is 12.8. The largest absolute Gasteiger partial charge is 0.462 e. The summed E-state index contributed by atoms with van der Waals surface area (Å²) in [5.74, 6) is -0.863. The fourth-order valence-corrected chi connectivity index (χ4v) is 8.50. The van der Waals surface area contributed by atoms with Crippen LogP contribution in [0.1, 0.15) is 316 Å². The predicted molar refractivity (Wildman–Crippen MR) is 270 cm³/mol. The van der Waals surface area contributed by atoms with Crippen LogP contribution in [-0.2, 0) is 28.6 Å². The van der Waals surface area contributed by atoms with E-state index in [-0.39, 0.29) is 31.1 Å². The lowest BCUT2D eigenvalue weighted by Gasteiger charge is -2.18. The lowest BCUT2D eigenvalue weighted by atomic mass is 10.0. The van der Waals surface area contributed by atoms with Crippen LogP contribution in [0.3, 0.4) is 0 Å². The lowest BCUT2D eigenvalue weighted by molar-refractivity contribution is -0.167. The third-order valence-corrected chi connectivity index (χ3v) is 12.8. The van der Waals surface area contributed by atoms with Gasteiger partial charge in [-0.15, -0.1) is 0 Å². The van der Waals surface area contributed by atoms with Crippen molar-refractivity contribution in [1.29, 1.82) is 0 Å². The Bertz CT molecular complexity index is 978. The highest BCUT2D eigenvalue weighted by molar-refractivity contribution is 5.71. The predicted octanol–water partition coefficient (Wildman–Crippen LogP) is 18.5. The minimum Gasteiger partial charge on any atom is -0.462 e. The molecule has 1 atom stereocenters. The molecule has 0 amide bonds. The number of carbonyl (C=O) groups is 3. The first-order chi connectivity index (χ1) is 31.0. The van der Waals surface area contributed by atoms with E-state index in [4.69, 9.17) is 14.2 Å². The number of ether oxygens (including phenoxy) is 3. The summed E-state index contributed by atoms with van der Waals surface area (Å²) in [5.41, 5.74) is 0. The van der Waals surface area contributed by atoms with Gasteiger partial charge in [0.25, 0.3) is 0 Å². The molecule has 0 fully saturated rings. The molecule has 0 aliphatic rings. The lowest BCUT2D eigenvalue weighted by Crippen LogP contribution is -2.30. The second-order valence-corrected chi connectivity index (χ2v) is 19.2. The van der Waals surface area contributed by atoms with Crippen molar-refractivity contribution in [3.05, 3.63) is 12.2 Å². The van der Waals surface area contributed by atoms with E-state index in [1.54, 1.807) is 0 Å². The van der Waals surface area contributed by atoms with E-state index in [1.165, 1.54) is 212 Å². The second kappa shape index (κ2) is 52.8. The summed E-state index contributed by atoms with van der Waals surface area (Å²) >= 11 is 0. The molecule has 0 N–H and O–H groups in total. The summed E-state index contributed by atoms with van der Waals surface area (Å²) < 4.78 is 16.8. The maximum absolute atomic E-state index is 12.8. The van der Waals surface area contributed by atoms with Gasteiger partial charge in [0.2, 0.25) is 0 Å². The van der Waals surface area contributed by atoms with Crippen molar-refractivity contribution in [2.45, 2.75) is 322 Å². The van der Waals surface area contributed by atoms with Gasteiger partial charge in [-0.25, -0.2) is 0 Å². The van der Waals surface area contributed by atoms with E-state index < -0.39 is 6.10 Å². The Kier molecular flexibility index (Phi) is 51.2. The van der Waals surface area contributed by atoms with Gasteiger partial charge in [0.1, 0.15) is 13.2 Å². The highest BCUT2D eigenvalue weighted by Gasteiger charge is 2.19. The zero-order valence-electron chi connectivity index (χ0n) is 42.6. The Balaban J connectivity index is 4.30. The topological polar surface area (TPSA) is 78.9 Å². The van der Waals surface area contributed by atoms with Crippen molar-refractivity contribution in [3.8, 4) is 0 Å². The number of hydrogen-bond donors (Lipinski definition) is 0. The van der Waals surface area contributed by atoms with E-state index in [9.17, 15) is 14.4 Å². The molecule has 372 valence electrons. The number of unbranched alkanes of at least 4 members (excludes halogenated alkanes) is 39.